The van der Waals surface area contributed by atoms with Gasteiger partial charge in [0, 0.05) is 0 Å². The number of aliphatic hydroxyl groups excluding tert-OH is 1. The summed E-state index contributed by atoms with van der Waals surface area (Å²) in [6.07, 6.45) is 3.66. The first-order valence-corrected chi connectivity index (χ1v) is 6.08. The van der Waals surface area contributed by atoms with Crippen LogP contribution in [0, 0.1) is 5.92 Å². The van der Waals surface area contributed by atoms with E-state index in [1.807, 2.05) is 12.1 Å². The molecule has 0 heterocycles. The second-order valence-corrected chi connectivity index (χ2v) is 4.31. The molecule has 1 unspecified atom stereocenters. The van der Waals surface area contributed by atoms with Crippen LogP contribution in [-0.2, 0) is 6.42 Å². The third-order valence-corrected chi connectivity index (χ3v) is 2.65. The highest BCUT2D eigenvalue weighted by atomic mass is 16.5. The number of rotatable bonds is 7. The Balaban J connectivity index is 2.44. The highest BCUT2D eigenvalue weighted by Crippen LogP contribution is 2.17. The van der Waals surface area contributed by atoms with E-state index in [0.717, 1.165) is 18.1 Å². The van der Waals surface area contributed by atoms with Gasteiger partial charge in [0.25, 0.3) is 0 Å². The number of aliphatic hydroxyl groups is 1. The Morgan fingerprint density at radius 2 is 1.94 bits per heavy atom. The molecule has 1 aromatic carbocycles. The monoisotopic (exact) mass is 222 g/mol. The van der Waals surface area contributed by atoms with Crippen LogP contribution in [0.25, 0.3) is 0 Å². The van der Waals surface area contributed by atoms with E-state index in [4.69, 9.17) is 9.84 Å². The Kier molecular flexibility index (Phi) is 5.94. The Labute approximate surface area is 98.3 Å². The zero-order chi connectivity index (χ0) is 11.8. The fourth-order valence-electron chi connectivity index (χ4n) is 1.88. The van der Waals surface area contributed by atoms with Gasteiger partial charge in [0.15, 0.2) is 0 Å². The van der Waals surface area contributed by atoms with Crippen molar-refractivity contribution >= 4 is 0 Å². The molecule has 0 spiro atoms. The highest BCUT2D eigenvalue weighted by Gasteiger charge is 2.02. The minimum atomic E-state index is 0.0648. The largest absolute Gasteiger partial charge is 0.491 e. The summed E-state index contributed by atoms with van der Waals surface area (Å²) in [7, 11) is 0. The fraction of sp³-hybridized carbons (Fsp3) is 0.571. The van der Waals surface area contributed by atoms with Crippen molar-refractivity contribution in [3.05, 3.63) is 29.8 Å². The molecule has 1 rings (SSSR count). The van der Waals surface area contributed by atoms with Gasteiger partial charge in [-0.15, -0.1) is 0 Å². The van der Waals surface area contributed by atoms with Gasteiger partial charge in [-0.2, -0.15) is 0 Å². The van der Waals surface area contributed by atoms with Crippen LogP contribution in [0.4, 0.5) is 0 Å². The zero-order valence-electron chi connectivity index (χ0n) is 10.3. The highest BCUT2D eigenvalue weighted by molar-refractivity contribution is 5.27. The molecule has 0 radical (unpaired) electrons. The van der Waals surface area contributed by atoms with Gasteiger partial charge in [-0.05, 0) is 30.0 Å². The molecule has 2 nitrogen and oxygen atoms in total. The molecule has 1 N–H and O–H groups in total. The van der Waals surface area contributed by atoms with Gasteiger partial charge in [0.05, 0.1) is 6.61 Å². The predicted molar refractivity (Wildman–Crippen MR) is 66.8 cm³/mol. The molecule has 2 heteroatoms. The fourth-order valence-corrected chi connectivity index (χ4v) is 1.88. The molecule has 0 bridgehead atoms. The minimum absolute atomic E-state index is 0.0648. The van der Waals surface area contributed by atoms with Crippen molar-refractivity contribution < 1.29 is 9.84 Å². The van der Waals surface area contributed by atoms with E-state index in [0.29, 0.717) is 6.61 Å². The van der Waals surface area contributed by atoms with Crippen molar-refractivity contribution in [1.82, 2.24) is 0 Å². The third-order valence-electron chi connectivity index (χ3n) is 2.65. The Hall–Kier alpha value is -1.02. The molecule has 0 aromatic heterocycles. The van der Waals surface area contributed by atoms with E-state index < -0.39 is 0 Å². The first-order chi connectivity index (χ1) is 7.76. The van der Waals surface area contributed by atoms with Crippen molar-refractivity contribution in [2.24, 2.45) is 5.92 Å². The Morgan fingerprint density at radius 1 is 1.25 bits per heavy atom. The third kappa shape index (κ3) is 4.67. The van der Waals surface area contributed by atoms with Crippen LogP contribution in [0.3, 0.4) is 0 Å². The maximum Gasteiger partial charge on any atom is 0.119 e. The summed E-state index contributed by atoms with van der Waals surface area (Å²) >= 11 is 0. The standard InChI is InChI=1S/C14H22O2/c1-3-4-12(2)11-13-5-7-14(8-6-13)16-10-9-15/h5-8,12,15H,3-4,9-11H2,1-2H3. The lowest BCUT2D eigenvalue weighted by atomic mass is 9.97. The first kappa shape index (κ1) is 13.0. The quantitative estimate of drug-likeness (QED) is 0.768. The second-order valence-electron chi connectivity index (χ2n) is 4.31. The van der Waals surface area contributed by atoms with Crippen molar-refractivity contribution in [3.63, 3.8) is 0 Å². The average Bonchev–Trinajstić information content (AvgIpc) is 2.28. The Bertz CT molecular complexity index is 279. The van der Waals surface area contributed by atoms with Crippen LogP contribution < -0.4 is 4.74 Å². The summed E-state index contributed by atoms with van der Waals surface area (Å²) in [5.41, 5.74) is 1.36. The number of hydrogen-bond donors (Lipinski definition) is 1. The molecule has 0 fully saturated rings. The van der Waals surface area contributed by atoms with Gasteiger partial charge in [-0.1, -0.05) is 38.8 Å². The lowest BCUT2D eigenvalue weighted by Crippen LogP contribution is -2.02. The van der Waals surface area contributed by atoms with Crippen LogP contribution >= 0.6 is 0 Å². The van der Waals surface area contributed by atoms with Gasteiger partial charge >= 0.3 is 0 Å². The van der Waals surface area contributed by atoms with Crippen LogP contribution in [0.15, 0.2) is 24.3 Å². The molecular weight excluding hydrogens is 200 g/mol. The van der Waals surface area contributed by atoms with Crippen molar-refractivity contribution in [1.29, 1.82) is 0 Å². The van der Waals surface area contributed by atoms with E-state index in [1.165, 1.54) is 18.4 Å². The summed E-state index contributed by atoms with van der Waals surface area (Å²) in [4.78, 5) is 0. The number of ether oxygens (including phenoxy) is 1. The van der Waals surface area contributed by atoms with E-state index in [-0.39, 0.29) is 6.61 Å². The number of hydrogen-bond acceptors (Lipinski definition) is 2. The smallest absolute Gasteiger partial charge is 0.119 e. The predicted octanol–water partition coefficient (Wildman–Crippen LogP) is 3.04. The van der Waals surface area contributed by atoms with E-state index in [9.17, 15) is 0 Å². The molecule has 1 aromatic rings. The van der Waals surface area contributed by atoms with Crippen LogP contribution in [0.1, 0.15) is 32.3 Å². The van der Waals surface area contributed by atoms with Crippen molar-refractivity contribution in [2.45, 2.75) is 33.1 Å². The summed E-state index contributed by atoms with van der Waals surface area (Å²) < 4.78 is 5.31. The molecule has 0 saturated carbocycles. The molecule has 0 amide bonds. The van der Waals surface area contributed by atoms with Crippen LogP contribution in [0.2, 0.25) is 0 Å². The molecule has 0 aliphatic carbocycles. The van der Waals surface area contributed by atoms with Crippen LogP contribution in [-0.4, -0.2) is 18.3 Å². The molecular formula is C14H22O2. The van der Waals surface area contributed by atoms with Crippen LogP contribution in [0.5, 0.6) is 5.75 Å². The first-order valence-electron chi connectivity index (χ1n) is 6.08. The molecule has 16 heavy (non-hydrogen) atoms. The van der Waals surface area contributed by atoms with Gasteiger partial charge in [0.1, 0.15) is 12.4 Å². The van der Waals surface area contributed by atoms with Gasteiger partial charge in [-0.3, -0.25) is 0 Å². The average molecular weight is 222 g/mol. The zero-order valence-corrected chi connectivity index (χ0v) is 10.3. The summed E-state index contributed by atoms with van der Waals surface area (Å²) in [6, 6.07) is 8.17. The maximum atomic E-state index is 8.64. The molecule has 0 aliphatic heterocycles. The molecule has 90 valence electrons. The summed E-state index contributed by atoms with van der Waals surface area (Å²) in [5, 5.41) is 8.64. The second kappa shape index (κ2) is 7.29. The van der Waals surface area contributed by atoms with E-state index in [1.54, 1.807) is 0 Å². The lowest BCUT2D eigenvalue weighted by molar-refractivity contribution is 0.201. The Morgan fingerprint density at radius 3 is 2.50 bits per heavy atom. The van der Waals surface area contributed by atoms with E-state index in [2.05, 4.69) is 26.0 Å². The number of benzene rings is 1. The summed E-state index contributed by atoms with van der Waals surface area (Å²) in [5.74, 6) is 1.58. The topological polar surface area (TPSA) is 29.5 Å². The van der Waals surface area contributed by atoms with Gasteiger partial charge in [-0.25, -0.2) is 0 Å². The SMILES string of the molecule is CCCC(C)Cc1ccc(OCCO)cc1. The summed E-state index contributed by atoms with van der Waals surface area (Å²) in [6.45, 7) is 4.95. The molecule has 1 atom stereocenters. The van der Waals surface area contributed by atoms with Gasteiger partial charge < -0.3 is 9.84 Å². The van der Waals surface area contributed by atoms with E-state index >= 15 is 0 Å². The van der Waals surface area contributed by atoms with Crippen molar-refractivity contribution in [3.8, 4) is 5.75 Å². The minimum Gasteiger partial charge on any atom is -0.491 e. The molecule has 0 aliphatic rings. The van der Waals surface area contributed by atoms with Gasteiger partial charge in [0.2, 0.25) is 0 Å². The maximum absolute atomic E-state index is 8.64. The molecule has 0 saturated heterocycles. The van der Waals surface area contributed by atoms with Crippen molar-refractivity contribution in [2.75, 3.05) is 13.2 Å². The lowest BCUT2D eigenvalue weighted by Gasteiger charge is -2.10. The normalized spacial score (nSPS) is 12.4.